The first kappa shape index (κ1) is 15.8. The number of primary amides is 1. The molecule has 7 heteroatoms. The maximum absolute atomic E-state index is 12.9. The zero-order valence-electron chi connectivity index (χ0n) is 13.7. The van der Waals surface area contributed by atoms with Crippen molar-refractivity contribution in [3.05, 3.63) is 82.5 Å². The maximum Gasteiger partial charge on any atom is 0.274 e. The highest BCUT2D eigenvalue weighted by Crippen LogP contribution is 2.21. The standard InChI is InChI=1S/C19H15N5O2/c20-18(25)14-3-1-2-12(6-14)11-24-19(26)17-7-13(16-8-21-22-9-16)4-5-15(17)10-23-24/h1-10H,11H2,(H2,20,25)(H,21,22). The van der Waals surface area contributed by atoms with Gasteiger partial charge in [-0.1, -0.05) is 24.3 Å². The highest BCUT2D eigenvalue weighted by Gasteiger charge is 2.08. The molecule has 0 atom stereocenters. The number of fused-ring (bicyclic) bond motifs is 1. The molecule has 4 aromatic rings. The lowest BCUT2D eigenvalue weighted by Crippen LogP contribution is -2.23. The largest absolute Gasteiger partial charge is 0.366 e. The molecule has 128 valence electrons. The number of nitrogens with zero attached hydrogens (tertiary/aromatic N) is 3. The monoisotopic (exact) mass is 345 g/mol. The van der Waals surface area contributed by atoms with Crippen molar-refractivity contribution < 1.29 is 4.79 Å². The van der Waals surface area contributed by atoms with E-state index in [4.69, 9.17) is 5.73 Å². The number of aromatic nitrogens is 4. The molecule has 2 aromatic carbocycles. The average molecular weight is 345 g/mol. The number of benzene rings is 2. The van der Waals surface area contributed by atoms with Crippen LogP contribution in [0.1, 0.15) is 15.9 Å². The zero-order valence-corrected chi connectivity index (χ0v) is 13.7. The lowest BCUT2D eigenvalue weighted by atomic mass is 10.1. The number of H-pyrrole nitrogens is 1. The van der Waals surface area contributed by atoms with Crippen LogP contribution in [0.3, 0.4) is 0 Å². The van der Waals surface area contributed by atoms with Crippen LogP contribution in [-0.4, -0.2) is 25.9 Å². The fourth-order valence-electron chi connectivity index (χ4n) is 2.87. The molecule has 0 fully saturated rings. The van der Waals surface area contributed by atoms with E-state index in [2.05, 4.69) is 15.3 Å². The molecule has 0 aliphatic rings. The first-order valence-electron chi connectivity index (χ1n) is 7.99. The molecule has 1 amide bonds. The van der Waals surface area contributed by atoms with Gasteiger partial charge in [0.15, 0.2) is 0 Å². The van der Waals surface area contributed by atoms with Gasteiger partial charge < -0.3 is 5.73 Å². The van der Waals surface area contributed by atoms with Crippen LogP contribution >= 0.6 is 0 Å². The predicted octanol–water partition coefficient (Wildman–Crippen LogP) is 1.93. The zero-order chi connectivity index (χ0) is 18.1. The number of carbonyl (C=O) groups is 1. The molecule has 3 N–H and O–H groups in total. The summed E-state index contributed by atoms with van der Waals surface area (Å²) in [4.78, 5) is 24.2. The smallest absolute Gasteiger partial charge is 0.274 e. The summed E-state index contributed by atoms with van der Waals surface area (Å²) in [5.41, 5.74) is 8.10. The van der Waals surface area contributed by atoms with Gasteiger partial charge >= 0.3 is 0 Å². The van der Waals surface area contributed by atoms with E-state index in [0.29, 0.717) is 10.9 Å². The van der Waals surface area contributed by atoms with Crippen LogP contribution in [0.25, 0.3) is 21.9 Å². The van der Waals surface area contributed by atoms with E-state index in [1.807, 2.05) is 24.3 Å². The maximum atomic E-state index is 12.9. The van der Waals surface area contributed by atoms with Crippen LogP contribution in [0.2, 0.25) is 0 Å². The average Bonchev–Trinajstić information content (AvgIpc) is 3.19. The van der Waals surface area contributed by atoms with Gasteiger partial charge in [-0.3, -0.25) is 14.7 Å². The van der Waals surface area contributed by atoms with Crippen molar-refractivity contribution in [1.82, 2.24) is 20.0 Å². The molecule has 0 aliphatic carbocycles. The summed E-state index contributed by atoms with van der Waals surface area (Å²) in [5, 5.41) is 12.3. The third kappa shape index (κ3) is 2.86. The number of hydrogen-bond donors (Lipinski definition) is 2. The van der Waals surface area contributed by atoms with Gasteiger partial charge in [-0.15, -0.1) is 0 Å². The highest BCUT2D eigenvalue weighted by molar-refractivity contribution is 5.92. The second-order valence-electron chi connectivity index (χ2n) is 5.96. The van der Waals surface area contributed by atoms with Crippen molar-refractivity contribution in [1.29, 1.82) is 0 Å². The third-order valence-corrected chi connectivity index (χ3v) is 4.23. The number of nitrogens with two attached hydrogens (primary N) is 1. The Morgan fingerprint density at radius 2 is 2.00 bits per heavy atom. The molecule has 0 spiro atoms. The lowest BCUT2D eigenvalue weighted by Gasteiger charge is -2.08. The molecule has 0 saturated carbocycles. The SMILES string of the molecule is NC(=O)c1cccc(Cn2ncc3ccc(-c4cn[nH]c4)cc3c2=O)c1. The minimum Gasteiger partial charge on any atom is -0.366 e. The summed E-state index contributed by atoms with van der Waals surface area (Å²) in [6, 6.07) is 12.5. The van der Waals surface area contributed by atoms with Crippen molar-refractivity contribution in [2.75, 3.05) is 0 Å². The molecule has 7 nitrogen and oxygen atoms in total. The fraction of sp³-hybridized carbons (Fsp3) is 0.0526. The van der Waals surface area contributed by atoms with Crippen LogP contribution in [0.4, 0.5) is 0 Å². The van der Waals surface area contributed by atoms with Crippen molar-refractivity contribution in [2.24, 2.45) is 5.73 Å². The molecule has 0 radical (unpaired) electrons. The summed E-state index contributed by atoms with van der Waals surface area (Å²) in [7, 11) is 0. The molecular formula is C19H15N5O2. The van der Waals surface area contributed by atoms with Gasteiger partial charge in [0, 0.05) is 22.7 Å². The van der Waals surface area contributed by atoms with Gasteiger partial charge in [-0.2, -0.15) is 10.2 Å². The van der Waals surface area contributed by atoms with Crippen LogP contribution in [0.15, 0.2) is 65.8 Å². The van der Waals surface area contributed by atoms with E-state index < -0.39 is 5.91 Å². The number of carbonyl (C=O) groups excluding carboxylic acids is 1. The summed E-state index contributed by atoms with van der Waals surface area (Å²) >= 11 is 0. The van der Waals surface area contributed by atoms with Gasteiger partial charge in [0.25, 0.3) is 5.56 Å². The van der Waals surface area contributed by atoms with Crippen molar-refractivity contribution in [3.8, 4) is 11.1 Å². The number of amides is 1. The lowest BCUT2D eigenvalue weighted by molar-refractivity contribution is 0.1000. The first-order chi connectivity index (χ1) is 12.6. The molecular weight excluding hydrogens is 330 g/mol. The van der Waals surface area contributed by atoms with Gasteiger partial charge in [-0.25, -0.2) is 4.68 Å². The fourth-order valence-corrected chi connectivity index (χ4v) is 2.87. The number of nitrogens with one attached hydrogen (secondary N) is 1. The minimum absolute atomic E-state index is 0.197. The van der Waals surface area contributed by atoms with Crippen LogP contribution < -0.4 is 11.3 Å². The molecule has 4 rings (SSSR count). The Balaban J connectivity index is 1.76. The van der Waals surface area contributed by atoms with E-state index in [0.717, 1.165) is 22.1 Å². The van der Waals surface area contributed by atoms with Gasteiger partial charge in [0.05, 0.1) is 24.3 Å². The Bertz CT molecular complexity index is 1160. The predicted molar refractivity (Wildman–Crippen MR) is 97.6 cm³/mol. The Hall–Kier alpha value is -3.74. The molecule has 2 heterocycles. The molecule has 0 bridgehead atoms. The van der Waals surface area contributed by atoms with Crippen LogP contribution in [0, 0.1) is 0 Å². The normalized spacial score (nSPS) is 10.9. The van der Waals surface area contributed by atoms with E-state index in [-0.39, 0.29) is 12.1 Å². The van der Waals surface area contributed by atoms with Crippen molar-refractivity contribution in [2.45, 2.75) is 6.54 Å². The topological polar surface area (TPSA) is 107 Å². The first-order valence-corrected chi connectivity index (χ1v) is 7.99. The Morgan fingerprint density at radius 1 is 1.12 bits per heavy atom. The molecule has 2 aromatic heterocycles. The van der Waals surface area contributed by atoms with Crippen molar-refractivity contribution >= 4 is 16.7 Å². The van der Waals surface area contributed by atoms with Crippen LogP contribution in [-0.2, 0) is 6.54 Å². The summed E-state index contributed by atoms with van der Waals surface area (Å²) < 4.78 is 1.38. The van der Waals surface area contributed by atoms with E-state index in [9.17, 15) is 9.59 Å². The Labute approximate surface area is 148 Å². The number of rotatable bonds is 4. The summed E-state index contributed by atoms with van der Waals surface area (Å²) in [5.74, 6) is -0.504. The molecule has 0 saturated heterocycles. The minimum atomic E-state index is -0.504. The molecule has 0 unspecified atom stereocenters. The number of hydrogen-bond acceptors (Lipinski definition) is 4. The Kier molecular flexibility index (Phi) is 3.81. The third-order valence-electron chi connectivity index (χ3n) is 4.23. The second kappa shape index (κ2) is 6.29. The highest BCUT2D eigenvalue weighted by atomic mass is 16.1. The van der Waals surface area contributed by atoms with E-state index in [1.165, 1.54) is 4.68 Å². The van der Waals surface area contributed by atoms with Crippen molar-refractivity contribution in [3.63, 3.8) is 0 Å². The summed E-state index contributed by atoms with van der Waals surface area (Å²) in [6.07, 6.45) is 5.14. The van der Waals surface area contributed by atoms with Gasteiger partial charge in [-0.05, 0) is 29.3 Å². The molecule has 26 heavy (non-hydrogen) atoms. The van der Waals surface area contributed by atoms with Crippen LogP contribution in [0.5, 0.6) is 0 Å². The second-order valence-corrected chi connectivity index (χ2v) is 5.96. The summed E-state index contributed by atoms with van der Waals surface area (Å²) in [6.45, 7) is 0.256. The van der Waals surface area contributed by atoms with E-state index >= 15 is 0 Å². The number of aromatic amines is 1. The van der Waals surface area contributed by atoms with Gasteiger partial charge in [0.1, 0.15) is 0 Å². The quantitative estimate of drug-likeness (QED) is 0.589. The van der Waals surface area contributed by atoms with E-state index in [1.54, 1.807) is 36.8 Å². The molecule has 0 aliphatic heterocycles. The Morgan fingerprint density at radius 3 is 2.77 bits per heavy atom. The van der Waals surface area contributed by atoms with Gasteiger partial charge in [0.2, 0.25) is 5.91 Å².